The van der Waals surface area contributed by atoms with E-state index in [9.17, 15) is 0 Å². The fourth-order valence-corrected chi connectivity index (χ4v) is 3.73. The SMILES string of the molecule is CCN(CC)CCCC(C)Nc1cc(OC)c2nc(C)cc(Cl)c2c1OC. The van der Waals surface area contributed by atoms with Crippen molar-refractivity contribution < 1.29 is 9.47 Å². The molecule has 0 aliphatic heterocycles. The maximum atomic E-state index is 6.53. The highest BCUT2D eigenvalue weighted by Gasteiger charge is 2.19. The summed E-state index contributed by atoms with van der Waals surface area (Å²) in [4.78, 5) is 7.05. The molecule has 27 heavy (non-hydrogen) atoms. The van der Waals surface area contributed by atoms with Crippen LogP contribution in [0.5, 0.6) is 11.5 Å². The van der Waals surface area contributed by atoms with Gasteiger partial charge in [-0.15, -0.1) is 0 Å². The summed E-state index contributed by atoms with van der Waals surface area (Å²) in [5.41, 5.74) is 2.45. The van der Waals surface area contributed by atoms with Crippen LogP contribution >= 0.6 is 11.6 Å². The van der Waals surface area contributed by atoms with Crippen LogP contribution in [0.4, 0.5) is 5.69 Å². The van der Waals surface area contributed by atoms with Crippen molar-refractivity contribution in [3.05, 3.63) is 22.8 Å². The highest BCUT2D eigenvalue weighted by Crippen LogP contribution is 2.43. The van der Waals surface area contributed by atoms with E-state index in [1.54, 1.807) is 14.2 Å². The number of rotatable bonds is 10. The Kier molecular flexibility index (Phi) is 7.99. The topological polar surface area (TPSA) is 46.6 Å². The van der Waals surface area contributed by atoms with Crippen LogP contribution in [0.3, 0.4) is 0 Å². The first-order chi connectivity index (χ1) is 12.9. The highest BCUT2D eigenvalue weighted by molar-refractivity contribution is 6.36. The normalized spacial score (nSPS) is 12.4. The number of anilines is 1. The zero-order valence-corrected chi connectivity index (χ0v) is 18.1. The molecule has 0 aliphatic rings. The second-order valence-electron chi connectivity index (χ2n) is 6.84. The van der Waals surface area contributed by atoms with Crippen LogP contribution in [0.25, 0.3) is 10.9 Å². The third-order valence-electron chi connectivity index (χ3n) is 4.91. The number of methoxy groups -OCH3 is 2. The molecule has 1 unspecified atom stereocenters. The molecular weight excluding hydrogens is 362 g/mol. The summed E-state index contributed by atoms with van der Waals surface area (Å²) in [6.07, 6.45) is 2.21. The molecule has 5 nitrogen and oxygen atoms in total. The number of ether oxygens (including phenoxy) is 2. The Morgan fingerprint density at radius 3 is 2.48 bits per heavy atom. The van der Waals surface area contributed by atoms with Gasteiger partial charge < -0.3 is 19.7 Å². The molecule has 0 fully saturated rings. The van der Waals surface area contributed by atoms with E-state index in [0.29, 0.717) is 22.6 Å². The van der Waals surface area contributed by atoms with Crippen molar-refractivity contribution in [1.29, 1.82) is 0 Å². The average Bonchev–Trinajstić information content (AvgIpc) is 2.64. The van der Waals surface area contributed by atoms with Crippen molar-refractivity contribution in [3.8, 4) is 11.5 Å². The van der Waals surface area contributed by atoms with Crippen LogP contribution in [0.2, 0.25) is 5.02 Å². The molecule has 1 aromatic carbocycles. The number of halogens is 1. The van der Waals surface area contributed by atoms with E-state index < -0.39 is 0 Å². The molecule has 150 valence electrons. The van der Waals surface area contributed by atoms with Gasteiger partial charge in [0.25, 0.3) is 0 Å². The monoisotopic (exact) mass is 393 g/mol. The van der Waals surface area contributed by atoms with Crippen LogP contribution in [0, 0.1) is 6.92 Å². The number of aryl methyl sites for hydroxylation is 1. The van der Waals surface area contributed by atoms with Crippen molar-refractivity contribution >= 4 is 28.2 Å². The largest absolute Gasteiger partial charge is 0.494 e. The predicted octanol–water partition coefficient (Wildman–Crippen LogP) is 5.14. The molecule has 1 N–H and O–H groups in total. The summed E-state index contributed by atoms with van der Waals surface area (Å²) >= 11 is 6.53. The van der Waals surface area contributed by atoms with E-state index in [-0.39, 0.29) is 0 Å². The zero-order valence-electron chi connectivity index (χ0n) is 17.4. The van der Waals surface area contributed by atoms with Gasteiger partial charge in [0, 0.05) is 17.8 Å². The molecule has 0 aliphatic carbocycles. The molecule has 2 aromatic rings. The Hall–Kier alpha value is -1.72. The molecule has 0 saturated heterocycles. The van der Waals surface area contributed by atoms with Gasteiger partial charge >= 0.3 is 0 Å². The van der Waals surface area contributed by atoms with Crippen LogP contribution in [-0.2, 0) is 0 Å². The van der Waals surface area contributed by atoms with E-state index in [4.69, 9.17) is 21.1 Å². The van der Waals surface area contributed by atoms with Crippen LogP contribution in [0.1, 0.15) is 39.3 Å². The van der Waals surface area contributed by atoms with Gasteiger partial charge in [-0.2, -0.15) is 0 Å². The quantitative estimate of drug-likeness (QED) is 0.605. The van der Waals surface area contributed by atoms with Crippen molar-refractivity contribution in [2.45, 2.75) is 46.6 Å². The van der Waals surface area contributed by atoms with Crippen molar-refractivity contribution in [2.75, 3.05) is 39.2 Å². The van der Waals surface area contributed by atoms with Gasteiger partial charge in [-0.1, -0.05) is 25.4 Å². The number of pyridine rings is 1. The fourth-order valence-electron chi connectivity index (χ4n) is 3.40. The Morgan fingerprint density at radius 2 is 1.89 bits per heavy atom. The molecule has 1 atom stereocenters. The number of fused-ring (bicyclic) bond motifs is 1. The Balaban J connectivity index is 2.27. The smallest absolute Gasteiger partial charge is 0.153 e. The summed E-state index contributed by atoms with van der Waals surface area (Å²) in [5.74, 6) is 1.40. The maximum Gasteiger partial charge on any atom is 0.153 e. The Morgan fingerprint density at radius 1 is 1.19 bits per heavy atom. The van der Waals surface area contributed by atoms with E-state index in [1.807, 2.05) is 19.1 Å². The molecule has 0 amide bonds. The first-order valence-electron chi connectivity index (χ1n) is 9.65. The zero-order chi connectivity index (χ0) is 20.0. The maximum absolute atomic E-state index is 6.53. The van der Waals surface area contributed by atoms with Crippen molar-refractivity contribution in [3.63, 3.8) is 0 Å². The highest BCUT2D eigenvalue weighted by atomic mass is 35.5. The van der Waals surface area contributed by atoms with E-state index >= 15 is 0 Å². The second-order valence-corrected chi connectivity index (χ2v) is 7.25. The molecule has 0 radical (unpaired) electrons. The summed E-state index contributed by atoms with van der Waals surface area (Å²) < 4.78 is 11.3. The van der Waals surface area contributed by atoms with Gasteiger partial charge in [0.15, 0.2) is 5.75 Å². The van der Waals surface area contributed by atoms with Crippen LogP contribution in [0.15, 0.2) is 12.1 Å². The lowest BCUT2D eigenvalue weighted by Gasteiger charge is -2.22. The van der Waals surface area contributed by atoms with Gasteiger partial charge in [-0.05, 0) is 52.4 Å². The minimum Gasteiger partial charge on any atom is -0.494 e. The lowest BCUT2D eigenvalue weighted by molar-refractivity contribution is 0.295. The van der Waals surface area contributed by atoms with E-state index in [2.05, 4.69) is 36.0 Å². The Bertz CT molecular complexity index is 763. The number of nitrogens with zero attached hydrogens (tertiary/aromatic N) is 2. The fraction of sp³-hybridized carbons (Fsp3) is 0.571. The average molecular weight is 394 g/mol. The standard InChI is InChI=1S/C21H32ClN3O2/c1-7-25(8-2)11-9-10-14(3)23-17-13-18(26-5)20-19(21(17)27-6)16(22)12-15(4)24-20/h12-14,23H,7-11H2,1-6H3. The molecule has 1 aromatic heterocycles. The number of benzene rings is 1. The number of hydrogen-bond acceptors (Lipinski definition) is 5. The predicted molar refractivity (Wildman–Crippen MR) is 115 cm³/mol. The van der Waals surface area contributed by atoms with E-state index in [1.165, 1.54) is 0 Å². The molecule has 0 bridgehead atoms. The molecule has 2 rings (SSSR count). The summed E-state index contributed by atoms with van der Waals surface area (Å²) in [6.45, 7) is 11.8. The van der Waals surface area contributed by atoms with Crippen molar-refractivity contribution in [2.24, 2.45) is 0 Å². The summed E-state index contributed by atoms with van der Waals surface area (Å²) in [7, 11) is 3.31. The van der Waals surface area contributed by atoms with Crippen LogP contribution < -0.4 is 14.8 Å². The van der Waals surface area contributed by atoms with Gasteiger partial charge in [0.2, 0.25) is 0 Å². The van der Waals surface area contributed by atoms with E-state index in [0.717, 1.165) is 54.8 Å². The lowest BCUT2D eigenvalue weighted by atomic mass is 10.1. The van der Waals surface area contributed by atoms with Gasteiger partial charge in [-0.3, -0.25) is 0 Å². The minimum absolute atomic E-state index is 0.300. The van der Waals surface area contributed by atoms with Gasteiger partial charge in [0.05, 0.1) is 30.3 Å². The molecular formula is C21H32ClN3O2. The van der Waals surface area contributed by atoms with Crippen LogP contribution in [-0.4, -0.2) is 49.8 Å². The first kappa shape index (κ1) is 21.6. The lowest BCUT2D eigenvalue weighted by Crippen LogP contribution is -2.25. The number of nitrogens with one attached hydrogen (secondary N) is 1. The molecule has 0 spiro atoms. The minimum atomic E-state index is 0.300. The van der Waals surface area contributed by atoms with Gasteiger partial charge in [0.1, 0.15) is 11.3 Å². The first-order valence-corrected chi connectivity index (χ1v) is 10.0. The van der Waals surface area contributed by atoms with Gasteiger partial charge in [-0.25, -0.2) is 4.98 Å². The summed E-state index contributed by atoms with van der Waals surface area (Å²) in [6, 6.07) is 4.10. The summed E-state index contributed by atoms with van der Waals surface area (Å²) in [5, 5.41) is 4.97. The second kappa shape index (κ2) is 10.00. The number of hydrogen-bond donors (Lipinski definition) is 1. The van der Waals surface area contributed by atoms with Crippen molar-refractivity contribution in [1.82, 2.24) is 9.88 Å². The molecule has 1 heterocycles. The third-order valence-corrected chi connectivity index (χ3v) is 5.21. The third kappa shape index (κ3) is 5.17. The molecule has 6 heteroatoms. The molecule has 0 saturated carbocycles. The Labute approximate surface area is 168 Å². The number of aromatic nitrogens is 1.